The highest BCUT2D eigenvalue weighted by atomic mass is 32.2. The Labute approximate surface area is 101 Å². The minimum absolute atomic E-state index is 0.146. The minimum Gasteiger partial charge on any atom is -0.462 e. The van der Waals surface area contributed by atoms with E-state index in [1.807, 2.05) is 25.1 Å². The maximum Gasteiger partial charge on any atom is 0.338 e. The summed E-state index contributed by atoms with van der Waals surface area (Å²) in [5.74, 6) is -0.251. The summed E-state index contributed by atoms with van der Waals surface area (Å²) in [7, 11) is 0. The molecule has 2 nitrogen and oxygen atoms in total. The van der Waals surface area contributed by atoms with Crippen LogP contribution in [0.3, 0.4) is 0 Å². The number of hydrogen-bond acceptors (Lipinski definition) is 3. The van der Waals surface area contributed by atoms with Crippen molar-refractivity contribution in [2.24, 2.45) is 0 Å². The lowest BCUT2D eigenvalue weighted by atomic mass is 10.2. The smallest absolute Gasteiger partial charge is 0.338 e. The minimum atomic E-state index is -0.251. The number of carbonyl (C=O) groups is 1. The summed E-state index contributed by atoms with van der Waals surface area (Å²) in [6.07, 6.45) is 0. The largest absolute Gasteiger partial charge is 0.462 e. The highest BCUT2D eigenvalue weighted by Crippen LogP contribution is 2.32. The molecule has 0 spiro atoms. The molecule has 0 heterocycles. The van der Waals surface area contributed by atoms with E-state index in [-0.39, 0.29) is 10.7 Å². The van der Waals surface area contributed by atoms with Crippen molar-refractivity contribution in [2.75, 3.05) is 6.61 Å². The van der Waals surface area contributed by atoms with Gasteiger partial charge in [-0.1, -0.05) is 26.8 Å². The molecule has 88 valence electrons. The molecule has 0 aliphatic heterocycles. The van der Waals surface area contributed by atoms with E-state index in [9.17, 15) is 4.79 Å². The average molecular weight is 238 g/mol. The number of rotatable bonds is 3. The topological polar surface area (TPSA) is 26.3 Å². The Kier molecular flexibility index (Phi) is 4.42. The number of carbonyl (C=O) groups excluding carboxylic acids is 1. The van der Waals surface area contributed by atoms with Gasteiger partial charge >= 0.3 is 5.97 Å². The molecule has 0 radical (unpaired) electrons. The first-order valence-electron chi connectivity index (χ1n) is 5.38. The van der Waals surface area contributed by atoms with Gasteiger partial charge in [0, 0.05) is 9.64 Å². The zero-order valence-corrected chi connectivity index (χ0v) is 11.1. The maximum atomic E-state index is 11.5. The van der Waals surface area contributed by atoms with E-state index in [1.165, 1.54) is 0 Å². The fraction of sp³-hybridized carbons (Fsp3) is 0.462. The summed E-state index contributed by atoms with van der Waals surface area (Å²) in [4.78, 5) is 12.6. The van der Waals surface area contributed by atoms with Crippen LogP contribution in [0.2, 0.25) is 0 Å². The Morgan fingerprint density at radius 2 is 2.06 bits per heavy atom. The zero-order chi connectivity index (χ0) is 12.2. The molecule has 3 heteroatoms. The molecule has 1 aromatic rings. The lowest BCUT2D eigenvalue weighted by Gasteiger charge is -2.17. The second-order valence-corrected chi connectivity index (χ2v) is 6.36. The molecule has 0 fully saturated rings. The normalized spacial score (nSPS) is 11.2. The Morgan fingerprint density at radius 3 is 2.62 bits per heavy atom. The molecule has 0 atom stereocenters. The quantitative estimate of drug-likeness (QED) is 0.592. The third kappa shape index (κ3) is 4.27. The summed E-state index contributed by atoms with van der Waals surface area (Å²) in [5.41, 5.74) is 0.621. The summed E-state index contributed by atoms with van der Waals surface area (Å²) in [5, 5.41) is 0. The molecule has 16 heavy (non-hydrogen) atoms. The van der Waals surface area contributed by atoms with Gasteiger partial charge in [-0.2, -0.15) is 0 Å². The first kappa shape index (κ1) is 13.1. The lowest BCUT2D eigenvalue weighted by Crippen LogP contribution is -2.08. The van der Waals surface area contributed by atoms with Gasteiger partial charge in [-0.15, -0.1) is 11.8 Å². The number of hydrogen-bond donors (Lipinski definition) is 0. The first-order chi connectivity index (χ1) is 7.42. The molecule has 0 aliphatic rings. The number of esters is 1. The third-order valence-electron chi connectivity index (χ3n) is 1.77. The summed E-state index contributed by atoms with van der Waals surface area (Å²) in [6, 6.07) is 7.57. The van der Waals surface area contributed by atoms with Crippen LogP contribution >= 0.6 is 11.8 Å². The van der Waals surface area contributed by atoms with Gasteiger partial charge in [0.1, 0.15) is 0 Å². The van der Waals surface area contributed by atoms with Crippen molar-refractivity contribution in [1.82, 2.24) is 0 Å². The number of ether oxygens (including phenoxy) is 1. The summed E-state index contributed by atoms with van der Waals surface area (Å²) >= 11 is 1.74. The maximum absolute atomic E-state index is 11.5. The van der Waals surface area contributed by atoms with Crippen LogP contribution in [0, 0.1) is 0 Å². The van der Waals surface area contributed by atoms with Crippen LogP contribution in [0.5, 0.6) is 0 Å². The standard InChI is InChI=1S/C13H18O2S/c1-5-15-12(14)10-7-6-8-11(9-10)16-13(2,3)4/h6-9H,5H2,1-4H3. The van der Waals surface area contributed by atoms with Crippen LogP contribution in [0.25, 0.3) is 0 Å². The van der Waals surface area contributed by atoms with Crippen LogP contribution in [0.1, 0.15) is 38.1 Å². The van der Waals surface area contributed by atoms with E-state index in [2.05, 4.69) is 20.8 Å². The fourth-order valence-corrected chi connectivity index (χ4v) is 2.29. The summed E-state index contributed by atoms with van der Waals surface area (Å²) < 4.78 is 5.11. The Morgan fingerprint density at radius 1 is 1.38 bits per heavy atom. The Balaban J connectivity index is 2.83. The molecule has 0 aliphatic carbocycles. The predicted octanol–water partition coefficient (Wildman–Crippen LogP) is 3.75. The van der Waals surface area contributed by atoms with E-state index < -0.39 is 0 Å². The predicted molar refractivity (Wildman–Crippen MR) is 68.0 cm³/mol. The van der Waals surface area contributed by atoms with Gasteiger partial charge in [0.25, 0.3) is 0 Å². The molecule has 1 rings (SSSR count). The molecule has 0 amide bonds. The molecular weight excluding hydrogens is 220 g/mol. The van der Waals surface area contributed by atoms with Gasteiger partial charge in [0.2, 0.25) is 0 Å². The molecular formula is C13H18O2S. The van der Waals surface area contributed by atoms with Crippen molar-refractivity contribution in [3.05, 3.63) is 29.8 Å². The van der Waals surface area contributed by atoms with Crippen LogP contribution in [-0.4, -0.2) is 17.3 Å². The Bertz CT molecular complexity index is 366. The van der Waals surface area contributed by atoms with Crippen molar-refractivity contribution in [3.8, 4) is 0 Å². The number of thioether (sulfide) groups is 1. The van der Waals surface area contributed by atoms with Gasteiger partial charge in [0.05, 0.1) is 12.2 Å². The van der Waals surface area contributed by atoms with E-state index >= 15 is 0 Å². The second kappa shape index (κ2) is 5.39. The van der Waals surface area contributed by atoms with Crippen LogP contribution in [-0.2, 0) is 4.74 Å². The van der Waals surface area contributed by atoms with Crippen LogP contribution in [0.4, 0.5) is 0 Å². The van der Waals surface area contributed by atoms with E-state index in [0.717, 1.165) is 4.90 Å². The molecule has 0 saturated heterocycles. The highest BCUT2D eigenvalue weighted by Gasteiger charge is 2.13. The lowest BCUT2D eigenvalue weighted by molar-refractivity contribution is 0.0526. The van der Waals surface area contributed by atoms with Gasteiger partial charge in [-0.3, -0.25) is 0 Å². The van der Waals surface area contributed by atoms with E-state index in [1.54, 1.807) is 17.8 Å². The van der Waals surface area contributed by atoms with Gasteiger partial charge in [-0.05, 0) is 25.1 Å². The molecule has 0 aromatic heterocycles. The molecule has 0 bridgehead atoms. The van der Waals surface area contributed by atoms with E-state index in [0.29, 0.717) is 12.2 Å². The molecule has 0 N–H and O–H groups in total. The average Bonchev–Trinajstić information content (AvgIpc) is 2.16. The van der Waals surface area contributed by atoms with Crippen molar-refractivity contribution in [2.45, 2.75) is 37.3 Å². The van der Waals surface area contributed by atoms with Crippen molar-refractivity contribution in [1.29, 1.82) is 0 Å². The van der Waals surface area contributed by atoms with Crippen LogP contribution in [0.15, 0.2) is 29.2 Å². The van der Waals surface area contributed by atoms with Crippen LogP contribution < -0.4 is 0 Å². The molecule has 0 saturated carbocycles. The van der Waals surface area contributed by atoms with E-state index in [4.69, 9.17) is 4.74 Å². The van der Waals surface area contributed by atoms with Crippen molar-refractivity contribution < 1.29 is 9.53 Å². The SMILES string of the molecule is CCOC(=O)c1cccc(SC(C)(C)C)c1. The molecule has 0 unspecified atom stereocenters. The second-order valence-electron chi connectivity index (χ2n) is 4.46. The highest BCUT2D eigenvalue weighted by molar-refractivity contribution is 8.00. The molecule has 1 aromatic carbocycles. The van der Waals surface area contributed by atoms with Crippen molar-refractivity contribution in [3.63, 3.8) is 0 Å². The number of benzene rings is 1. The third-order valence-corrected chi connectivity index (χ3v) is 2.87. The first-order valence-corrected chi connectivity index (χ1v) is 6.20. The zero-order valence-electron chi connectivity index (χ0n) is 10.2. The van der Waals surface area contributed by atoms with Crippen molar-refractivity contribution >= 4 is 17.7 Å². The van der Waals surface area contributed by atoms with Gasteiger partial charge < -0.3 is 4.74 Å². The van der Waals surface area contributed by atoms with Gasteiger partial charge in [0.15, 0.2) is 0 Å². The fourth-order valence-electron chi connectivity index (χ4n) is 1.25. The van der Waals surface area contributed by atoms with Gasteiger partial charge in [-0.25, -0.2) is 4.79 Å². The monoisotopic (exact) mass is 238 g/mol. The summed E-state index contributed by atoms with van der Waals surface area (Å²) in [6.45, 7) is 8.67. The Hall–Kier alpha value is -0.960.